The molecule has 0 N–H and O–H groups in total. The van der Waals surface area contributed by atoms with Gasteiger partial charge in [0, 0.05) is 22.6 Å². The van der Waals surface area contributed by atoms with Gasteiger partial charge in [0.15, 0.2) is 0 Å². The number of rotatable bonds is 3. The first-order valence-electron chi connectivity index (χ1n) is 2.85. The van der Waals surface area contributed by atoms with Gasteiger partial charge in [-0.2, -0.15) is 17.6 Å². The van der Waals surface area contributed by atoms with E-state index in [2.05, 4.69) is 4.74 Å². The topological polar surface area (TPSA) is 26.3 Å². The maximum Gasteiger partial charge on any atom is 0.413 e. The molecule has 2 nitrogen and oxygen atoms in total. The number of halogens is 5. The number of hydrogen-bond donors (Lipinski definition) is 0. The summed E-state index contributed by atoms with van der Waals surface area (Å²) in [4.78, 5) is 10.3. The molecule has 0 aliphatic carbocycles. The first kappa shape index (κ1) is 11.9. The Morgan fingerprint density at radius 2 is 1.83 bits per heavy atom. The molecular weight excluding hydrogens is 295 g/mol. The SMILES string of the molecule is CCOC(=O)C(F)(F)C(F)(F)I. The van der Waals surface area contributed by atoms with E-state index in [4.69, 9.17) is 0 Å². The average Bonchev–Trinajstić information content (AvgIpc) is 1.85. The maximum atomic E-state index is 12.3. The molecular formula is C5H5F4IO2. The molecule has 0 aliphatic heterocycles. The summed E-state index contributed by atoms with van der Waals surface area (Å²) in [6.07, 6.45) is 0. The fourth-order valence-electron chi connectivity index (χ4n) is 0.337. The van der Waals surface area contributed by atoms with E-state index in [-0.39, 0.29) is 29.2 Å². The quantitative estimate of drug-likeness (QED) is 0.346. The number of ether oxygens (including phenoxy) is 1. The minimum Gasteiger partial charge on any atom is -0.461 e. The van der Waals surface area contributed by atoms with Crippen LogP contribution >= 0.6 is 22.6 Å². The average molecular weight is 300 g/mol. The van der Waals surface area contributed by atoms with Gasteiger partial charge in [0.25, 0.3) is 0 Å². The second-order valence-corrected chi connectivity index (χ2v) is 3.15. The zero-order valence-corrected chi connectivity index (χ0v) is 8.07. The van der Waals surface area contributed by atoms with Crippen molar-refractivity contribution in [2.75, 3.05) is 6.61 Å². The summed E-state index contributed by atoms with van der Waals surface area (Å²) in [5.74, 6) is -6.96. The van der Waals surface area contributed by atoms with Crippen molar-refractivity contribution in [2.24, 2.45) is 0 Å². The third-order valence-electron chi connectivity index (χ3n) is 0.888. The minimum absolute atomic E-state index is 0.190. The Hall–Kier alpha value is -0.0800. The number of carbonyl (C=O) groups excluding carboxylic acids is 1. The third-order valence-corrected chi connectivity index (χ3v) is 1.57. The Bertz CT molecular complexity index is 177. The summed E-state index contributed by atoms with van der Waals surface area (Å²) in [5.41, 5.74) is 0. The number of carbonyl (C=O) groups is 1. The van der Waals surface area contributed by atoms with Gasteiger partial charge in [-0.3, -0.25) is 0 Å². The summed E-state index contributed by atoms with van der Waals surface area (Å²) in [7, 11) is 0. The predicted octanol–water partition coefficient (Wildman–Crippen LogP) is 2.21. The van der Waals surface area contributed by atoms with Gasteiger partial charge >= 0.3 is 15.8 Å². The van der Waals surface area contributed by atoms with Gasteiger partial charge in [0.2, 0.25) is 0 Å². The van der Waals surface area contributed by atoms with Crippen molar-refractivity contribution in [1.82, 2.24) is 0 Å². The molecule has 0 radical (unpaired) electrons. The highest BCUT2D eigenvalue weighted by atomic mass is 127. The van der Waals surface area contributed by atoms with E-state index in [0.29, 0.717) is 0 Å². The van der Waals surface area contributed by atoms with Crippen LogP contribution in [0.1, 0.15) is 6.92 Å². The molecule has 7 heteroatoms. The van der Waals surface area contributed by atoms with E-state index in [9.17, 15) is 22.4 Å². The van der Waals surface area contributed by atoms with Crippen LogP contribution in [0.3, 0.4) is 0 Å². The molecule has 0 saturated heterocycles. The van der Waals surface area contributed by atoms with Gasteiger partial charge in [-0.15, -0.1) is 0 Å². The Balaban J connectivity index is 4.50. The summed E-state index contributed by atoms with van der Waals surface area (Å²) in [6.45, 7) is 0.889. The Morgan fingerprint density at radius 3 is 2.08 bits per heavy atom. The van der Waals surface area contributed by atoms with E-state index in [1.807, 2.05) is 0 Å². The van der Waals surface area contributed by atoms with Crippen LogP contribution in [-0.4, -0.2) is 22.4 Å². The van der Waals surface area contributed by atoms with Crippen LogP contribution in [0.25, 0.3) is 0 Å². The molecule has 0 aromatic heterocycles. The van der Waals surface area contributed by atoms with Gasteiger partial charge < -0.3 is 4.74 Å². The Labute approximate surface area is 79.4 Å². The third kappa shape index (κ3) is 2.46. The van der Waals surface area contributed by atoms with Crippen molar-refractivity contribution in [2.45, 2.75) is 16.8 Å². The van der Waals surface area contributed by atoms with E-state index < -0.39 is 15.8 Å². The smallest absolute Gasteiger partial charge is 0.413 e. The van der Waals surface area contributed by atoms with Crippen LogP contribution in [0, 0.1) is 0 Å². The molecule has 12 heavy (non-hydrogen) atoms. The van der Waals surface area contributed by atoms with Crippen LogP contribution in [0.15, 0.2) is 0 Å². The lowest BCUT2D eigenvalue weighted by atomic mass is 10.3. The first-order valence-corrected chi connectivity index (χ1v) is 3.93. The molecule has 0 saturated carbocycles. The van der Waals surface area contributed by atoms with Gasteiger partial charge in [-0.25, -0.2) is 4.79 Å². The van der Waals surface area contributed by atoms with Gasteiger partial charge in [-0.1, -0.05) is 0 Å². The fraction of sp³-hybridized carbons (Fsp3) is 0.800. The van der Waals surface area contributed by atoms with E-state index >= 15 is 0 Å². The number of hydrogen-bond acceptors (Lipinski definition) is 2. The molecule has 0 aliphatic rings. The van der Waals surface area contributed by atoms with Gasteiger partial charge in [0.05, 0.1) is 6.61 Å². The van der Waals surface area contributed by atoms with Crippen LogP contribution in [0.4, 0.5) is 17.6 Å². The lowest BCUT2D eigenvalue weighted by Gasteiger charge is -2.18. The molecule has 0 unspecified atom stereocenters. The summed E-state index contributed by atoms with van der Waals surface area (Å²) in [6, 6.07) is 0. The molecule has 0 heterocycles. The molecule has 0 atom stereocenters. The second kappa shape index (κ2) is 3.75. The van der Waals surface area contributed by atoms with E-state index in [0.717, 1.165) is 0 Å². The zero-order chi connectivity index (χ0) is 9.99. The van der Waals surface area contributed by atoms with Gasteiger partial charge in [0.1, 0.15) is 0 Å². The fourth-order valence-corrected chi connectivity index (χ4v) is 0.558. The second-order valence-electron chi connectivity index (χ2n) is 1.79. The molecule has 0 aromatic carbocycles. The monoisotopic (exact) mass is 300 g/mol. The standard InChI is InChI=1S/C5H5F4IO2/c1-2-12-3(11)4(6,7)5(8,9)10/h2H2,1H3. The molecule has 0 spiro atoms. The molecule has 72 valence electrons. The molecule has 0 aromatic rings. The Kier molecular flexibility index (Phi) is 3.73. The van der Waals surface area contributed by atoms with E-state index in [1.54, 1.807) is 0 Å². The summed E-state index contributed by atoms with van der Waals surface area (Å²) < 4.78 is 47.9. The molecule has 0 fully saturated rings. The highest BCUT2D eigenvalue weighted by Gasteiger charge is 2.61. The lowest BCUT2D eigenvalue weighted by Crippen LogP contribution is -2.44. The Morgan fingerprint density at radius 1 is 1.42 bits per heavy atom. The summed E-state index contributed by atoms with van der Waals surface area (Å²) in [5, 5.41) is 0. The largest absolute Gasteiger partial charge is 0.461 e. The van der Waals surface area contributed by atoms with Crippen LogP contribution < -0.4 is 0 Å². The number of esters is 1. The normalized spacial score (nSPS) is 12.8. The highest BCUT2D eigenvalue weighted by Crippen LogP contribution is 2.40. The van der Waals surface area contributed by atoms with Crippen molar-refractivity contribution in [1.29, 1.82) is 0 Å². The highest BCUT2D eigenvalue weighted by molar-refractivity contribution is 14.1. The maximum absolute atomic E-state index is 12.3. The van der Waals surface area contributed by atoms with Crippen molar-refractivity contribution >= 4 is 28.6 Å². The minimum atomic E-state index is -4.76. The summed E-state index contributed by atoms with van der Waals surface area (Å²) >= 11 is 0.190. The number of alkyl halides is 5. The van der Waals surface area contributed by atoms with Crippen LogP contribution in [-0.2, 0) is 9.53 Å². The predicted molar refractivity (Wildman–Crippen MR) is 40.5 cm³/mol. The lowest BCUT2D eigenvalue weighted by molar-refractivity contribution is -0.197. The van der Waals surface area contributed by atoms with Gasteiger partial charge in [-0.05, 0) is 6.92 Å². The van der Waals surface area contributed by atoms with Crippen molar-refractivity contribution in [3.05, 3.63) is 0 Å². The first-order chi connectivity index (χ1) is 5.23. The van der Waals surface area contributed by atoms with Crippen LogP contribution in [0.2, 0.25) is 0 Å². The zero-order valence-electron chi connectivity index (χ0n) is 5.91. The van der Waals surface area contributed by atoms with Crippen molar-refractivity contribution in [3.8, 4) is 0 Å². The van der Waals surface area contributed by atoms with Crippen molar-refractivity contribution < 1.29 is 27.1 Å². The van der Waals surface area contributed by atoms with Crippen molar-refractivity contribution in [3.63, 3.8) is 0 Å². The van der Waals surface area contributed by atoms with Crippen LogP contribution in [0.5, 0.6) is 0 Å². The molecule has 0 amide bonds. The molecule has 0 rings (SSSR count). The van der Waals surface area contributed by atoms with E-state index in [1.165, 1.54) is 6.92 Å². The molecule has 0 bridgehead atoms.